The fraction of sp³-hybridized carbons (Fsp3) is 0.231. The summed E-state index contributed by atoms with van der Waals surface area (Å²) in [6.07, 6.45) is -6.60. The minimum Gasteiger partial charge on any atom is -0.305 e. The number of alkyl halides is 7. The van der Waals surface area contributed by atoms with E-state index in [4.69, 9.17) is 11.6 Å². The van der Waals surface area contributed by atoms with Gasteiger partial charge in [-0.2, -0.15) is 30.7 Å². The monoisotopic (exact) mass is 390 g/mol. The second-order valence-electron chi connectivity index (χ2n) is 4.78. The van der Waals surface area contributed by atoms with Crippen LogP contribution in [0.25, 0.3) is 5.69 Å². The normalized spacial score (nSPS) is 13.1. The molecule has 0 saturated heterocycles. The lowest BCUT2D eigenvalue weighted by Crippen LogP contribution is -2.51. The minimum absolute atomic E-state index is 0.159. The Balaban J connectivity index is 2.63. The van der Waals surface area contributed by atoms with E-state index in [2.05, 4.69) is 0 Å². The standard InChI is InChI=1S/C13H6ClF7N2O2/c14-6-1-3-7(4-2-6)23-9(24)5-8(22-10(23)25)11(15,16)12(17,18)13(19,20)21/h1-5H,(H,22,25). The first kappa shape index (κ1) is 19.0. The van der Waals surface area contributed by atoms with Gasteiger partial charge in [0.05, 0.1) is 5.69 Å². The Morgan fingerprint density at radius 1 is 0.920 bits per heavy atom. The molecule has 0 radical (unpaired) electrons. The zero-order chi connectivity index (χ0) is 19.2. The Bertz CT molecular complexity index is 869. The fourth-order valence-electron chi connectivity index (χ4n) is 1.85. The number of nitrogens with zero attached hydrogens (tertiary/aromatic N) is 1. The van der Waals surface area contributed by atoms with Crippen molar-refractivity contribution in [2.24, 2.45) is 0 Å². The molecular weight excluding hydrogens is 385 g/mol. The molecule has 0 unspecified atom stereocenters. The lowest BCUT2D eigenvalue weighted by molar-refractivity contribution is -0.360. The molecule has 1 aromatic heterocycles. The van der Waals surface area contributed by atoms with Crippen LogP contribution < -0.4 is 11.2 Å². The van der Waals surface area contributed by atoms with E-state index in [1.807, 2.05) is 0 Å². The van der Waals surface area contributed by atoms with Crippen molar-refractivity contribution < 1.29 is 30.7 Å². The van der Waals surface area contributed by atoms with Gasteiger partial charge < -0.3 is 4.98 Å². The minimum atomic E-state index is -6.60. The first-order valence-corrected chi connectivity index (χ1v) is 6.62. The second-order valence-corrected chi connectivity index (χ2v) is 5.22. The van der Waals surface area contributed by atoms with Gasteiger partial charge in [-0.05, 0) is 24.3 Å². The highest BCUT2D eigenvalue weighted by Gasteiger charge is 2.74. The van der Waals surface area contributed by atoms with E-state index in [-0.39, 0.29) is 21.3 Å². The topological polar surface area (TPSA) is 54.9 Å². The van der Waals surface area contributed by atoms with Crippen molar-refractivity contribution >= 4 is 11.6 Å². The Morgan fingerprint density at radius 2 is 1.44 bits per heavy atom. The molecular formula is C13H6ClF7N2O2. The van der Waals surface area contributed by atoms with Gasteiger partial charge in [0.25, 0.3) is 5.56 Å². The number of benzene rings is 1. The van der Waals surface area contributed by atoms with Crippen molar-refractivity contribution in [2.45, 2.75) is 18.0 Å². The van der Waals surface area contributed by atoms with E-state index in [1.165, 1.54) is 17.1 Å². The van der Waals surface area contributed by atoms with Crippen LogP contribution in [0, 0.1) is 0 Å². The summed E-state index contributed by atoms with van der Waals surface area (Å²) in [4.78, 5) is 24.8. The maximum atomic E-state index is 13.6. The fourth-order valence-corrected chi connectivity index (χ4v) is 1.97. The highest BCUT2D eigenvalue weighted by Crippen LogP contribution is 2.50. The summed E-state index contributed by atoms with van der Waals surface area (Å²) in [5, 5.41) is 0.209. The number of rotatable bonds is 3. The van der Waals surface area contributed by atoms with Crippen molar-refractivity contribution in [3.8, 4) is 5.69 Å². The van der Waals surface area contributed by atoms with Crippen molar-refractivity contribution in [3.63, 3.8) is 0 Å². The Kier molecular flexibility index (Phi) is 4.49. The molecule has 1 heterocycles. The van der Waals surface area contributed by atoms with E-state index in [9.17, 15) is 40.3 Å². The number of hydrogen-bond acceptors (Lipinski definition) is 2. The summed E-state index contributed by atoms with van der Waals surface area (Å²) in [6.45, 7) is 0. The summed E-state index contributed by atoms with van der Waals surface area (Å²) in [5.74, 6) is -12.4. The average Bonchev–Trinajstić information content (AvgIpc) is 2.47. The average molecular weight is 391 g/mol. The van der Waals surface area contributed by atoms with Gasteiger partial charge in [0, 0.05) is 11.1 Å². The van der Waals surface area contributed by atoms with Crippen LogP contribution in [0.15, 0.2) is 39.9 Å². The molecule has 2 aromatic rings. The summed E-state index contributed by atoms with van der Waals surface area (Å²) < 4.78 is 90.0. The van der Waals surface area contributed by atoms with Gasteiger partial charge in [-0.25, -0.2) is 9.36 Å². The maximum absolute atomic E-state index is 13.6. The number of H-pyrrole nitrogens is 1. The molecule has 12 heteroatoms. The van der Waals surface area contributed by atoms with E-state index in [0.29, 0.717) is 0 Å². The zero-order valence-corrected chi connectivity index (χ0v) is 12.4. The predicted octanol–water partition coefficient (Wildman–Crippen LogP) is 3.47. The highest BCUT2D eigenvalue weighted by atomic mass is 35.5. The van der Waals surface area contributed by atoms with Gasteiger partial charge in [0.1, 0.15) is 5.69 Å². The number of aromatic nitrogens is 2. The van der Waals surface area contributed by atoms with Crippen molar-refractivity contribution in [2.75, 3.05) is 0 Å². The molecule has 0 fully saturated rings. The van der Waals surface area contributed by atoms with Crippen LogP contribution in [-0.2, 0) is 5.92 Å². The molecule has 2 rings (SSSR count). The highest BCUT2D eigenvalue weighted by molar-refractivity contribution is 6.30. The molecule has 0 spiro atoms. The largest absolute Gasteiger partial charge is 0.460 e. The number of aromatic amines is 1. The van der Waals surface area contributed by atoms with Crippen LogP contribution >= 0.6 is 11.6 Å². The van der Waals surface area contributed by atoms with Crippen LogP contribution in [0.3, 0.4) is 0 Å². The molecule has 0 saturated carbocycles. The smallest absolute Gasteiger partial charge is 0.305 e. The van der Waals surface area contributed by atoms with Crippen LogP contribution in [0.1, 0.15) is 5.69 Å². The third kappa shape index (κ3) is 3.15. The maximum Gasteiger partial charge on any atom is 0.460 e. The summed E-state index contributed by atoms with van der Waals surface area (Å²) in [5.41, 5.74) is -5.47. The molecule has 136 valence electrons. The number of nitrogens with one attached hydrogen (secondary N) is 1. The van der Waals surface area contributed by atoms with Crippen LogP contribution in [0.5, 0.6) is 0 Å². The van der Waals surface area contributed by atoms with Gasteiger partial charge in [0.15, 0.2) is 0 Å². The van der Waals surface area contributed by atoms with E-state index in [1.54, 1.807) is 0 Å². The molecule has 1 aromatic carbocycles. The van der Waals surface area contributed by atoms with Gasteiger partial charge in [-0.3, -0.25) is 4.79 Å². The first-order chi connectivity index (χ1) is 11.3. The van der Waals surface area contributed by atoms with E-state index >= 15 is 0 Å². The zero-order valence-electron chi connectivity index (χ0n) is 11.7. The molecule has 0 bridgehead atoms. The van der Waals surface area contributed by atoms with Gasteiger partial charge in [-0.15, -0.1) is 0 Å². The van der Waals surface area contributed by atoms with Crippen LogP contribution in [-0.4, -0.2) is 21.6 Å². The summed E-state index contributed by atoms with van der Waals surface area (Å²) >= 11 is 5.59. The first-order valence-electron chi connectivity index (χ1n) is 6.24. The van der Waals surface area contributed by atoms with Gasteiger partial charge in [0.2, 0.25) is 0 Å². The molecule has 0 aliphatic heterocycles. The summed E-state index contributed by atoms with van der Waals surface area (Å²) in [6, 6.07) is 4.56. The third-order valence-electron chi connectivity index (χ3n) is 3.11. The Hall–Kier alpha value is -2.30. The van der Waals surface area contributed by atoms with Crippen molar-refractivity contribution in [1.82, 2.24) is 9.55 Å². The molecule has 0 aliphatic carbocycles. The Morgan fingerprint density at radius 3 is 1.88 bits per heavy atom. The molecule has 4 nitrogen and oxygen atoms in total. The third-order valence-corrected chi connectivity index (χ3v) is 3.36. The lowest BCUT2D eigenvalue weighted by atomic mass is 10.1. The van der Waals surface area contributed by atoms with E-state index in [0.717, 1.165) is 12.1 Å². The number of hydrogen-bond donors (Lipinski definition) is 1. The van der Waals surface area contributed by atoms with Gasteiger partial charge in [-0.1, -0.05) is 11.6 Å². The van der Waals surface area contributed by atoms with Gasteiger partial charge >= 0.3 is 23.7 Å². The van der Waals surface area contributed by atoms with Crippen LogP contribution in [0.2, 0.25) is 5.02 Å². The predicted molar refractivity (Wildman–Crippen MR) is 72.6 cm³/mol. The Labute approximate surface area is 138 Å². The molecule has 0 aliphatic rings. The van der Waals surface area contributed by atoms with Crippen molar-refractivity contribution in [1.29, 1.82) is 0 Å². The summed E-state index contributed by atoms with van der Waals surface area (Å²) in [7, 11) is 0. The van der Waals surface area contributed by atoms with E-state index < -0.39 is 35.0 Å². The molecule has 25 heavy (non-hydrogen) atoms. The molecule has 0 atom stereocenters. The molecule has 0 amide bonds. The quantitative estimate of drug-likeness (QED) is 0.816. The lowest BCUT2D eigenvalue weighted by Gasteiger charge is -2.27. The SMILES string of the molecule is O=c1cc(C(F)(F)C(F)(F)C(F)(F)F)[nH]c(=O)n1-c1ccc(Cl)cc1. The van der Waals surface area contributed by atoms with Crippen molar-refractivity contribution in [3.05, 3.63) is 61.9 Å². The molecule has 1 N–H and O–H groups in total. The second kappa shape index (κ2) is 5.90. The van der Waals surface area contributed by atoms with Crippen LogP contribution in [0.4, 0.5) is 30.7 Å². The number of halogens is 8.